The Balaban J connectivity index is 2.33. The van der Waals surface area contributed by atoms with Gasteiger partial charge in [0.25, 0.3) is 0 Å². The third-order valence-electron chi connectivity index (χ3n) is 2.44. The molecule has 0 spiro atoms. The zero-order chi connectivity index (χ0) is 11.4. The van der Waals surface area contributed by atoms with Crippen molar-refractivity contribution in [2.45, 2.75) is 13.3 Å². The number of nitrogens with two attached hydrogens (primary N) is 1. The summed E-state index contributed by atoms with van der Waals surface area (Å²) in [5.41, 5.74) is 6.65. The number of fused-ring (bicyclic) bond motifs is 1. The molecule has 4 heteroatoms. The first-order chi connectivity index (χ1) is 7.85. The van der Waals surface area contributed by atoms with E-state index in [0.29, 0.717) is 26.4 Å². The van der Waals surface area contributed by atoms with Crippen molar-refractivity contribution >= 4 is 0 Å². The minimum Gasteiger partial charge on any atom is -0.493 e. The SMILES string of the molecule is CCOc1cc2c(cc1CCN)OCCO2. The van der Waals surface area contributed by atoms with E-state index in [9.17, 15) is 0 Å². The van der Waals surface area contributed by atoms with Crippen molar-refractivity contribution in [3.63, 3.8) is 0 Å². The summed E-state index contributed by atoms with van der Waals surface area (Å²) in [7, 11) is 0. The summed E-state index contributed by atoms with van der Waals surface area (Å²) in [4.78, 5) is 0. The molecule has 0 bridgehead atoms. The van der Waals surface area contributed by atoms with E-state index in [1.807, 2.05) is 19.1 Å². The molecule has 1 heterocycles. The molecule has 16 heavy (non-hydrogen) atoms. The number of hydrogen-bond donors (Lipinski definition) is 1. The molecule has 0 fully saturated rings. The van der Waals surface area contributed by atoms with Gasteiger partial charge < -0.3 is 19.9 Å². The van der Waals surface area contributed by atoms with Gasteiger partial charge in [-0.3, -0.25) is 0 Å². The van der Waals surface area contributed by atoms with Crippen LogP contribution in [0.25, 0.3) is 0 Å². The Morgan fingerprint density at radius 2 is 1.94 bits per heavy atom. The fourth-order valence-electron chi connectivity index (χ4n) is 1.75. The van der Waals surface area contributed by atoms with Crippen LogP contribution < -0.4 is 19.9 Å². The van der Waals surface area contributed by atoms with Crippen molar-refractivity contribution in [3.8, 4) is 17.2 Å². The van der Waals surface area contributed by atoms with Crippen molar-refractivity contribution in [3.05, 3.63) is 17.7 Å². The summed E-state index contributed by atoms with van der Waals surface area (Å²) in [5.74, 6) is 2.39. The lowest BCUT2D eigenvalue weighted by Gasteiger charge is -2.21. The highest BCUT2D eigenvalue weighted by atomic mass is 16.6. The predicted molar refractivity (Wildman–Crippen MR) is 61.4 cm³/mol. The molecule has 1 aliphatic heterocycles. The van der Waals surface area contributed by atoms with Crippen LogP contribution in [-0.2, 0) is 6.42 Å². The molecule has 0 aromatic heterocycles. The third kappa shape index (κ3) is 2.22. The van der Waals surface area contributed by atoms with Gasteiger partial charge in [-0.15, -0.1) is 0 Å². The second-order valence-corrected chi connectivity index (χ2v) is 3.58. The quantitative estimate of drug-likeness (QED) is 0.837. The summed E-state index contributed by atoms with van der Waals surface area (Å²) in [5, 5.41) is 0. The topological polar surface area (TPSA) is 53.7 Å². The fourth-order valence-corrected chi connectivity index (χ4v) is 1.75. The van der Waals surface area contributed by atoms with Crippen molar-refractivity contribution < 1.29 is 14.2 Å². The summed E-state index contributed by atoms with van der Waals surface area (Å²) in [6.45, 7) is 4.39. The Labute approximate surface area is 95.3 Å². The van der Waals surface area contributed by atoms with Gasteiger partial charge in [-0.2, -0.15) is 0 Å². The van der Waals surface area contributed by atoms with Gasteiger partial charge >= 0.3 is 0 Å². The monoisotopic (exact) mass is 223 g/mol. The summed E-state index contributed by atoms with van der Waals surface area (Å²) >= 11 is 0. The maximum absolute atomic E-state index is 5.57. The lowest BCUT2D eigenvalue weighted by atomic mass is 10.1. The molecule has 0 saturated heterocycles. The zero-order valence-corrected chi connectivity index (χ0v) is 9.49. The first-order valence-corrected chi connectivity index (χ1v) is 5.60. The van der Waals surface area contributed by atoms with E-state index in [1.54, 1.807) is 0 Å². The van der Waals surface area contributed by atoms with Gasteiger partial charge in [0.15, 0.2) is 11.5 Å². The first-order valence-electron chi connectivity index (χ1n) is 5.60. The van der Waals surface area contributed by atoms with Gasteiger partial charge in [0.1, 0.15) is 19.0 Å². The molecule has 88 valence electrons. The van der Waals surface area contributed by atoms with Crippen LogP contribution in [-0.4, -0.2) is 26.4 Å². The van der Waals surface area contributed by atoms with Crippen LogP contribution in [0.15, 0.2) is 12.1 Å². The van der Waals surface area contributed by atoms with Gasteiger partial charge in [0, 0.05) is 6.07 Å². The van der Waals surface area contributed by atoms with Gasteiger partial charge in [-0.1, -0.05) is 0 Å². The largest absolute Gasteiger partial charge is 0.493 e. The molecular formula is C12H17NO3. The van der Waals surface area contributed by atoms with Crippen LogP contribution in [0.5, 0.6) is 17.2 Å². The lowest BCUT2D eigenvalue weighted by Crippen LogP contribution is -2.16. The van der Waals surface area contributed by atoms with Crippen LogP contribution in [0.3, 0.4) is 0 Å². The van der Waals surface area contributed by atoms with Crippen LogP contribution in [0, 0.1) is 0 Å². The highest BCUT2D eigenvalue weighted by Gasteiger charge is 2.16. The van der Waals surface area contributed by atoms with Gasteiger partial charge in [-0.05, 0) is 31.5 Å². The van der Waals surface area contributed by atoms with Gasteiger partial charge in [0.2, 0.25) is 0 Å². The fraction of sp³-hybridized carbons (Fsp3) is 0.500. The van der Waals surface area contributed by atoms with Crippen LogP contribution in [0.2, 0.25) is 0 Å². The van der Waals surface area contributed by atoms with Crippen molar-refractivity contribution in [2.75, 3.05) is 26.4 Å². The van der Waals surface area contributed by atoms with E-state index in [1.165, 1.54) is 0 Å². The maximum atomic E-state index is 5.57. The lowest BCUT2D eigenvalue weighted by molar-refractivity contribution is 0.170. The molecule has 0 atom stereocenters. The summed E-state index contributed by atoms with van der Waals surface area (Å²) in [6, 6.07) is 3.86. The number of ether oxygens (including phenoxy) is 3. The van der Waals surface area contributed by atoms with E-state index >= 15 is 0 Å². The Hall–Kier alpha value is -1.42. The second kappa shape index (κ2) is 5.07. The normalized spacial score (nSPS) is 13.6. The van der Waals surface area contributed by atoms with Crippen molar-refractivity contribution in [1.29, 1.82) is 0 Å². The van der Waals surface area contributed by atoms with E-state index in [4.69, 9.17) is 19.9 Å². The highest BCUT2D eigenvalue weighted by Crippen LogP contribution is 2.36. The predicted octanol–water partition coefficient (Wildman–Crippen LogP) is 1.36. The minimum absolute atomic E-state index is 0.592. The molecule has 2 N–H and O–H groups in total. The van der Waals surface area contributed by atoms with Gasteiger partial charge in [0.05, 0.1) is 6.61 Å². The summed E-state index contributed by atoms with van der Waals surface area (Å²) in [6.07, 6.45) is 0.784. The maximum Gasteiger partial charge on any atom is 0.165 e. The van der Waals surface area contributed by atoms with E-state index in [0.717, 1.165) is 29.2 Å². The Morgan fingerprint density at radius 3 is 2.56 bits per heavy atom. The number of rotatable bonds is 4. The standard InChI is InChI=1S/C12H17NO3/c1-2-14-10-8-12-11(15-5-6-16-12)7-9(10)3-4-13/h7-8H,2-6,13H2,1H3. The molecule has 0 saturated carbocycles. The Kier molecular flexibility index (Phi) is 3.51. The highest BCUT2D eigenvalue weighted by molar-refractivity contribution is 5.51. The van der Waals surface area contributed by atoms with Crippen LogP contribution >= 0.6 is 0 Å². The Bertz CT molecular complexity index is 331. The molecular weight excluding hydrogens is 206 g/mol. The van der Waals surface area contributed by atoms with E-state index < -0.39 is 0 Å². The average molecular weight is 223 g/mol. The van der Waals surface area contributed by atoms with E-state index in [-0.39, 0.29) is 0 Å². The number of benzene rings is 1. The second-order valence-electron chi connectivity index (χ2n) is 3.58. The van der Waals surface area contributed by atoms with Crippen molar-refractivity contribution in [1.82, 2.24) is 0 Å². The molecule has 2 rings (SSSR count). The average Bonchev–Trinajstić information content (AvgIpc) is 2.30. The molecule has 1 aromatic carbocycles. The molecule has 0 amide bonds. The Morgan fingerprint density at radius 1 is 1.25 bits per heavy atom. The van der Waals surface area contributed by atoms with E-state index in [2.05, 4.69) is 0 Å². The first kappa shape index (κ1) is 11.1. The molecule has 0 unspecified atom stereocenters. The van der Waals surface area contributed by atoms with Gasteiger partial charge in [-0.25, -0.2) is 0 Å². The smallest absolute Gasteiger partial charge is 0.165 e. The zero-order valence-electron chi connectivity index (χ0n) is 9.49. The molecule has 0 radical (unpaired) electrons. The molecule has 1 aliphatic rings. The minimum atomic E-state index is 0.592. The molecule has 1 aromatic rings. The third-order valence-corrected chi connectivity index (χ3v) is 2.44. The van der Waals surface area contributed by atoms with Crippen LogP contribution in [0.4, 0.5) is 0 Å². The number of hydrogen-bond acceptors (Lipinski definition) is 4. The molecule has 0 aliphatic carbocycles. The molecule has 4 nitrogen and oxygen atoms in total. The summed E-state index contributed by atoms with van der Waals surface area (Å²) < 4.78 is 16.6. The van der Waals surface area contributed by atoms with Crippen molar-refractivity contribution in [2.24, 2.45) is 5.73 Å². The van der Waals surface area contributed by atoms with Crippen LogP contribution in [0.1, 0.15) is 12.5 Å².